The second kappa shape index (κ2) is 7.55. The minimum Gasteiger partial charge on any atom is -0.496 e. The predicted molar refractivity (Wildman–Crippen MR) is 121 cm³/mol. The Morgan fingerprint density at radius 3 is 2.70 bits per heavy atom. The van der Waals surface area contributed by atoms with Gasteiger partial charge >= 0.3 is 0 Å². The molecule has 4 heteroatoms. The minimum atomic E-state index is -0.253. The summed E-state index contributed by atoms with van der Waals surface area (Å²) >= 11 is 1.81. The molecule has 0 spiro atoms. The maximum Gasteiger partial charge on any atom is 0.139 e. The molecule has 164 valence electrons. The molecule has 0 unspecified atom stereocenters. The molecule has 5 rings (SSSR count). The normalized spacial score (nSPS) is 45.4. The Morgan fingerprint density at radius 1 is 1.10 bits per heavy atom. The third kappa shape index (κ3) is 3.08. The first-order valence-electron chi connectivity index (χ1n) is 11.9. The van der Waals surface area contributed by atoms with Crippen molar-refractivity contribution in [3.63, 3.8) is 0 Å². The van der Waals surface area contributed by atoms with Crippen molar-refractivity contribution >= 4 is 17.5 Å². The van der Waals surface area contributed by atoms with Crippen LogP contribution in [0, 0.1) is 34.5 Å². The summed E-state index contributed by atoms with van der Waals surface area (Å²) in [6, 6.07) is 8.19. The molecule has 30 heavy (non-hydrogen) atoms. The van der Waals surface area contributed by atoms with Crippen LogP contribution in [0.4, 0.5) is 0 Å². The number of ketones is 1. The lowest BCUT2D eigenvalue weighted by Crippen LogP contribution is -2.56. The Kier molecular flexibility index (Phi) is 5.25. The number of fused-ring (bicyclic) bond motifs is 5. The van der Waals surface area contributed by atoms with Crippen molar-refractivity contribution in [3.05, 3.63) is 24.3 Å². The zero-order valence-electron chi connectivity index (χ0n) is 18.6. The van der Waals surface area contributed by atoms with Crippen molar-refractivity contribution in [2.24, 2.45) is 34.5 Å². The Hall–Kier alpha value is -1.00. The van der Waals surface area contributed by atoms with Gasteiger partial charge < -0.3 is 9.84 Å². The van der Waals surface area contributed by atoms with Crippen molar-refractivity contribution in [3.8, 4) is 5.75 Å². The van der Waals surface area contributed by atoms with Gasteiger partial charge in [-0.2, -0.15) is 0 Å². The third-order valence-corrected chi connectivity index (χ3v) is 11.1. The highest BCUT2D eigenvalue weighted by Gasteiger charge is 2.61. The van der Waals surface area contributed by atoms with Crippen LogP contribution < -0.4 is 4.74 Å². The number of carbonyl (C=O) groups excluding carboxylic acids is 1. The number of para-hydroxylation sites is 1. The number of methoxy groups -OCH3 is 1. The quantitative estimate of drug-likeness (QED) is 0.667. The molecule has 4 saturated carbocycles. The molecule has 8 atom stereocenters. The summed E-state index contributed by atoms with van der Waals surface area (Å²) in [5.41, 5.74) is 0.221. The number of aliphatic hydroxyl groups excluding tert-OH is 1. The lowest BCUT2D eigenvalue weighted by Gasteiger charge is -2.61. The number of hydrogen-bond donors (Lipinski definition) is 1. The largest absolute Gasteiger partial charge is 0.496 e. The molecule has 4 aliphatic carbocycles. The topological polar surface area (TPSA) is 46.5 Å². The Balaban J connectivity index is 1.40. The molecule has 0 aliphatic heterocycles. The van der Waals surface area contributed by atoms with Crippen molar-refractivity contribution in [1.82, 2.24) is 0 Å². The van der Waals surface area contributed by atoms with E-state index in [1.165, 1.54) is 19.3 Å². The summed E-state index contributed by atoms with van der Waals surface area (Å²) in [6.45, 7) is 4.79. The molecule has 0 saturated heterocycles. The SMILES string of the molecule is COc1ccccc1S[C@H]1C[C@@]2(C)[C@@H](CC[C@@H]3[C@@H]2CC[C@]2(C)C(=O)CC[C@@H]32)C[C@@H]1O. The molecule has 0 bridgehead atoms. The van der Waals surface area contributed by atoms with Crippen molar-refractivity contribution in [2.75, 3.05) is 7.11 Å². The van der Waals surface area contributed by atoms with E-state index in [1.807, 2.05) is 23.9 Å². The average molecular weight is 429 g/mol. The highest BCUT2D eigenvalue weighted by Crippen LogP contribution is 2.66. The van der Waals surface area contributed by atoms with Crippen molar-refractivity contribution in [1.29, 1.82) is 0 Å². The van der Waals surface area contributed by atoms with Gasteiger partial charge in [0.05, 0.1) is 13.2 Å². The van der Waals surface area contributed by atoms with Gasteiger partial charge in [-0.3, -0.25) is 4.79 Å². The number of rotatable bonds is 3. The van der Waals surface area contributed by atoms with Crippen LogP contribution in [-0.4, -0.2) is 29.4 Å². The summed E-state index contributed by atoms with van der Waals surface area (Å²) < 4.78 is 5.57. The smallest absolute Gasteiger partial charge is 0.139 e. The molecule has 4 aliphatic rings. The van der Waals surface area contributed by atoms with Gasteiger partial charge in [0.1, 0.15) is 11.5 Å². The van der Waals surface area contributed by atoms with E-state index < -0.39 is 0 Å². The lowest BCUT2D eigenvalue weighted by molar-refractivity contribution is -0.141. The van der Waals surface area contributed by atoms with E-state index in [-0.39, 0.29) is 22.2 Å². The van der Waals surface area contributed by atoms with Gasteiger partial charge in [-0.25, -0.2) is 0 Å². The Labute approximate surface area is 185 Å². The minimum absolute atomic E-state index is 0.0515. The van der Waals surface area contributed by atoms with Gasteiger partial charge in [-0.15, -0.1) is 11.8 Å². The second-order valence-corrected chi connectivity index (χ2v) is 12.2. The van der Waals surface area contributed by atoms with Crippen LogP contribution in [0.15, 0.2) is 29.2 Å². The van der Waals surface area contributed by atoms with Crippen LogP contribution in [-0.2, 0) is 4.79 Å². The van der Waals surface area contributed by atoms with E-state index in [0.29, 0.717) is 29.5 Å². The summed E-state index contributed by atoms with van der Waals surface area (Å²) in [5.74, 6) is 4.04. The number of Topliss-reactive ketones (excluding diaryl/α,β-unsaturated/α-hetero) is 1. The van der Waals surface area contributed by atoms with Crippen LogP contribution in [0.2, 0.25) is 0 Å². The van der Waals surface area contributed by atoms with E-state index in [2.05, 4.69) is 26.0 Å². The molecule has 0 heterocycles. The van der Waals surface area contributed by atoms with Crippen LogP contribution in [0.5, 0.6) is 5.75 Å². The number of carbonyl (C=O) groups is 1. The fraction of sp³-hybridized carbons (Fsp3) is 0.731. The van der Waals surface area contributed by atoms with E-state index in [9.17, 15) is 9.90 Å². The zero-order valence-corrected chi connectivity index (χ0v) is 19.4. The monoisotopic (exact) mass is 428 g/mol. The molecule has 0 radical (unpaired) electrons. The summed E-state index contributed by atoms with van der Waals surface area (Å²) in [7, 11) is 1.72. The maximum atomic E-state index is 12.7. The first-order valence-corrected chi connectivity index (χ1v) is 12.8. The molecule has 1 aromatic rings. The first-order chi connectivity index (χ1) is 14.4. The second-order valence-electron chi connectivity index (χ2n) is 10.9. The van der Waals surface area contributed by atoms with Gasteiger partial charge in [0, 0.05) is 22.0 Å². The molecular formula is C26H36O3S. The highest BCUT2D eigenvalue weighted by molar-refractivity contribution is 8.00. The average Bonchev–Trinajstić information content (AvgIpc) is 3.04. The Bertz CT molecular complexity index is 824. The fourth-order valence-electron chi connectivity index (χ4n) is 8.02. The van der Waals surface area contributed by atoms with Gasteiger partial charge in [-0.1, -0.05) is 26.0 Å². The third-order valence-electron chi connectivity index (χ3n) is 9.72. The fourth-order valence-corrected chi connectivity index (χ4v) is 9.48. The van der Waals surface area contributed by atoms with Crippen LogP contribution >= 0.6 is 11.8 Å². The molecule has 3 nitrogen and oxygen atoms in total. The van der Waals surface area contributed by atoms with Gasteiger partial charge in [0.15, 0.2) is 0 Å². The molecule has 4 fully saturated rings. The Morgan fingerprint density at radius 2 is 1.90 bits per heavy atom. The summed E-state index contributed by atoms with van der Waals surface area (Å²) in [5, 5.41) is 11.3. The van der Waals surface area contributed by atoms with Crippen LogP contribution in [0.3, 0.4) is 0 Å². The summed E-state index contributed by atoms with van der Waals surface area (Å²) in [4.78, 5) is 13.8. The maximum absolute atomic E-state index is 12.7. The molecule has 1 aromatic carbocycles. The molecular weight excluding hydrogens is 392 g/mol. The number of aliphatic hydroxyl groups is 1. The highest BCUT2D eigenvalue weighted by atomic mass is 32.2. The molecule has 1 N–H and O–H groups in total. The van der Waals surface area contributed by atoms with Crippen LogP contribution in [0.1, 0.15) is 65.2 Å². The van der Waals surface area contributed by atoms with Crippen molar-refractivity contribution in [2.45, 2.75) is 81.5 Å². The van der Waals surface area contributed by atoms with Gasteiger partial charge in [-0.05, 0) is 86.2 Å². The van der Waals surface area contributed by atoms with Gasteiger partial charge in [0.25, 0.3) is 0 Å². The van der Waals surface area contributed by atoms with Crippen LogP contribution in [0.25, 0.3) is 0 Å². The van der Waals surface area contributed by atoms with E-state index >= 15 is 0 Å². The lowest BCUT2D eigenvalue weighted by atomic mass is 9.45. The molecule has 0 amide bonds. The van der Waals surface area contributed by atoms with E-state index in [1.54, 1.807) is 7.11 Å². The first kappa shape index (κ1) is 20.9. The zero-order chi connectivity index (χ0) is 21.1. The number of thioether (sulfide) groups is 1. The number of hydrogen-bond acceptors (Lipinski definition) is 4. The predicted octanol–water partition coefficient (Wildman–Crippen LogP) is 5.74. The molecule has 0 aromatic heterocycles. The summed E-state index contributed by atoms with van der Waals surface area (Å²) in [6.07, 6.45) is 8.40. The van der Waals surface area contributed by atoms with E-state index in [0.717, 1.165) is 42.7 Å². The number of benzene rings is 1. The standard InChI is InChI=1S/C26H36O3S/c1-25-13-12-19-17(18(25)10-11-24(25)28)9-8-16-14-20(27)23(15-26(16,19)2)30-22-7-5-4-6-21(22)29-3/h4-7,16-20,23,27H,8-15H2,1-3H3/t16-,17-,18-,19-,20-,23-,25-,26-/m0/s1. The van der Waals surface area contributed by atoms with Crippen molar-refractivity contribution < 1.29 is 14.6 Å². The van der Waals surface area contributed by atoms with E-state index in [4.69, 9.17) is 4.74 Å². The number of ether oxygens (including phenoxy) is 1. The van der Waals surface area contributed by atoms with Gasteiger partial charge in [0.2, 0.25) is 0 Å².